The maximum Gasteiger partial charge on any atom is 0.317 e. The first-order valence-corrected chi connectivity index (χ1v) is 8.35. The Kier molecular flexibility index (Phi) is 6.26. The molecule has 2 rings (SSSR count). The number of nitrogens with zero attached hydrogens (tertiary/aromatic N) is 1. The monoisotopic (exact) mass is 332 g/mol. The predicted octanol–water partition coefficient (Wildman–Crippen LogP) is 2.88. The van der Waals surface area contributed by atoms with Gasteiger partial charge in [0.15, 0.2) is 0 Å². The Labute approximate surface area is 144 Å². The molecule has 0 aliphatic carbocycles. The molecular formula is C19H28N2O3. The molecule has 1 heterocycles. The molecular weight excluding hydrogens is 304 g/mol. The largest absolute Gasteiger partial charge is 0.496 e. The third-order valence-corrected chi connectivity index (χ3v) is 4.70. The van der Waals surface area contributed by atoms with Gasteiger partial charge in [0.1, 0.15) is 5.75 Å². The van der Waals surface area contributed by atoms with Gasteiger partial charge in [-0.15, -0.1) is 6.58 Å². The first-order valence-electron chi connectivity index (χ1n) is 8.35. The van der Waals surface area contributed by atoms with E-state index in [1.54, 1.807) is 25.1 Å². The average molecular weight is 332 g/mol. The molecule has 24 heavy (non-hydrogen) atoms. The number of rotatable bonds is 6. The van der Waals surface area contributed by atoms with Crippen LogP contribution >= 0.6 is 0 Å². The SMILES string of the molecule is C=CCN(C)C(=O)NCC1(c2cc(C)ccc2OC)CCOCC1. The van der Waals surface area contributed by atoms with Gasteiger partial charge in [0.05, 0.1) is 7.11 Å². The van der Waals surface area contributed by atoms with E-state index in [4.69, 9.17) is 9.47 Å². The molecule has 0 spiro atoms. The van der Waals surface area contributed by atoms with Gasteiger partial charge in [0.25, 0.3) is 0 Å². The van der Waals surface area contributed by atoms with Crippen molar-refractivity contribution in [2.24, 2.45) is 0 Å². The molecule has 0 aromatic heterocycles. The molecule has 1 aliphatic rings. The van der Waals surface area contributed by atoms with Crippen LogP contribution < -0.4 is 10.1 Å². The number of carbonyl (C=O) groups is 1. The maximum absolute atomic E-state index is 12.3. The lowest BCUT2D eigenvalue weighted by Gasteiger charge is -2.39. The Morgan fingerprint density at radius 3 is 2.79 bits per heavy atom. The standard InChI is InChI=1S/C19H28N2O3/c1-5-10-21(3)18(22)20-14-19(8-11-24-12-9-19)16-13-15(2)6-7-17(16)23-4/h5-7,13H,1,8-12,14H2,2-4H3,(H,20,22). The van der Waals surface area contributed by atoms with Gasteiger partial charge in [-0.1, -0.05) is 23.8 Å². The zero-order valence-corrected chi connectivity index (χ0v) is 14.9. The molecule has 0 bridgehead atoms. The lowest BCUT2D eigenvalue weighted by Crippen LogP contribution is -2.48. The molecule has 0 saturated carbocycles. The molecule has 1 saturated heterocycles. The van der Waals surface area contributed by atoms with Gasteiger partial charge in [-0.3, -0.25) is 0 Å². The van der Waals surface area contributed by atoms with Crippen LogP contribution in [0.1, 0.15) is 24.0 Å². The van der Waals surface area contributed by atoms with Crippen molar-refractivity contribution in [3.8, 4) is 5.75 Å². The number of benzene rings is 1. The van der Waals surface area contributed by atoms with Crippen LogP contribution in [0.25, 0.3) is 0 Å². The van der Waals surface area contributed by atoms with Crippen molar-refractivity contribution >= 4 is 6.03 Å². The topological polar surface area (TPSA) is 50.8 Å². The number of methoxy groups -OCH3 is 1. The van der Waals surface area contributed by atoms with E-state index >= 15 is 0 Å². The highest BCUT2D eigenvalue weighted by Gasteiger charge is 2.37. The Balaban J connectivity index is 2.25. The van der Waals surface area contributed by atoms with Gasteiger partial charge in [0.2, 0.25) is 0 Å². The van der Waals surface area contributed by atoms with E-state index in [0.717, 1.165) is 24.2 Å². The summed E-state index contributed by atoms with van der Waals surface area (Å²) in [5.41, 5.74) is 2.17. The second-order valence-corrected chi connectivity index (χ2v) is 6.42. The summed E-state index contributed by atoms with van der Waals surface area (Å²) in [6.07, 6.45) is 3.43. The van der Waals surface area contributed by atoms with Crippen LogP contribution in [0.4, 0.5) is 4.79 Å². The van der Waals surface area contributed by atoms with E-state index in [1.165, 1.54) is 5.56 Å². The summed E-state index contributed by atoms with van der Waals surface area (Å²) in [5, 5.41) is 3.08. The van der Waals surface area contributed by atoms with Crippen molar-refractivity contribution < 1.29 is 14.3 Å². The number of ether oxygens (including phenoxy) is 2. The number of likely N-dealkylation sites (N-methyl/N-ethyl adjacent to an activating group) is 1. The summed E-state index contributed by atoms with van der Waals surface area (Å²) in [5.74, 6) is 0.871. The lowest BCUT2D eigenvalue weighted by atomic mass is 9.73. The van der Waals surface area contributed by atoms with Crippen molar-refractivity contribution in [2.75, 3.05) is 40.5 Å². The third kappa shape index (κ3) is 4.09. The molecule has 1 aromatic rings. The summed E-state index contributed by atoms with van der Waals surface area (Å²) >= 11 is 0. The van der Waals surface area contributed by atoms with Gasteiger partial charge < -0.3 is 19.7 Å². The quantitative estimate of drug-likeness (QED) is 0.815. The number of aryl methyl sites for hydroxylation is 1. The molecule has 1 aromatic carbocycles. The van der Waals surface area contributed by atoms with E-state index in [9.17, 15) is 4.79 Å². The Hall–Kier alpha value is -2.01. The number of nitrogens with one attached hydrogen (secondary N) is 1. The van der Waals surface area contributed by atoms with Crippen LogP contribution in [0.5, 0.6) is 5.75 Å². The molecule has 0 unspecified atom stereocenters. The van der Waals surface area contributed by atoms with E-state index in [2.05, 4.69) is 24.9 Å². The highest BCUT2D eigenvalue weighted by Crippen LogP contribution is 2.40. The fraction of sp³-hybridized carbons (Fsp3) is 0.526. The lowest BCUT2D eigenvalue weighted by molar-refractivity contribution is 0.0494. The fourth-order valence-corrected chi connectivity index (χ4v) is 3.20. The number of amides is 2. The smallest absolute Gasteiger partial charge is 0.317 e. The van der Waals surface area contributed by atoms with Gasteiger partial charge in [0, 0.05) is 44.3 Å². The molecule has 5 nitrogen and oxygen atoms in total. The zero-order chi connectivity index (χ0) is 17.6. The minimum Gasteiger partial charge on any atom is -0.496 e. The van der Waals surface area contributed by atoms with Crippen LogP contribution in [0.15, 0.2) is 30.9 Å². The third-order valence-electron chi connectivity index (χ3n) is 4.70. The molecule has 132 valence electrons. The Morgan fingerprint density at radius 1 is 1.46 bits per heavy atom. The van der Waals surface area contributed by atoms with Crippen LogP contribution in [0.2, 0.25) is 0 Å². The van der Waals surface area contributed by atoms with Crippen LogP contribution in [0.3, 0.4) is 0 Å². The fourth-order valence-electron chi connectivity index (χ4n) is 3.20. The molecule has 0 radical (unpaired) electrons. The van der Waals surface area contributed by atoms with Gasteiger partial charge in [-0.05, 0) is 25.8 Å². The van der Waals surface area contributed by atoms with Crippen molar-refractivity contribution in [3.05, 3.63) is 42.0 Å². The van der Waals surface area contributed by atoms with Crippen molar-refractivity contribution in [3.63, 3.8) is 0 Å². The maximum atomic E-state index is 12.3. The molecule has 1 N–H and O–H groups in total. The van der Waals surface area contributed by atoms with Gasteiger partial charge in [-0.2, -0.15) is 0 Å². The zero-order valence-electron chi connectivity index (χ0n) is 14.9. The second-order valence-electron chi connectivity index (χ2n) is 6.42. The minimum atomic E-state index is -0.166. The van der Waals surface area contributed by atoms with Gasteiger partial charge in [-0.25, -0.2) is 4.79 Å². The molecule has 1 aliphatic heterocycles. The summed E-state index contributed by atoms with van der Waals surface area (Å²) in [7, 11) is 3.46. The summed E-state index contributed by atoms with van der Waals surface area (Å²) < 4.78 is 11.2. The number of urea groups is 1. The van der Waals surface area contributed by atoms with Crippen molar-refractivity contribution in [1.29, 1.82) is 0 Å². The number of hydrogen-bond donors (Lipinski definition) is 1. The Bertz CT molecular complexity index is 580. The number of hydrogen-bond acceptors (Lipinski definition) is 3. The molecule has 5 heteroatoms. The van der Waals surface area contributed by atoms with Crippen molar-refractivity contribution in [2.45, 2.75) is 25.2 Å². The highest BCUT2D eigenvalue weighted by atomic mass is 16.5. The van der Waals surface area contributed by atoms with Gasteiger partial charge >= 0.3 is 6.03 Å². The number of carbonyl (C=O) groups excluding carboxylic acids is 1. The first kappa shape index (κ1) is 18.3. The summed E-state index contributed by atoms with van der Waals surface area (Å²) in [6.45, 7) is 8.22. The average Bonchev–Trinajstić information content (AvgIpc) is 2.60. The minimum absolute atomic E-state index is 0.0904. The molecule has 2 amide bonds. The Morgan fingerprint density at radius 2 is 2.17 bits per heavy atom. The van der Waals surface area contributed by atoms with Crippen LogP contribution in [-0.2, 0) is 10.2 Å². The van der Waals surface area contributed by atoms with E-state index in [1.807, 2.05) is 12.1 Å². The van der Waals surface area contributed by atoms with Crippen LogP contribution in [-0.4, -0.2) is 51.4 Å². The normalized spacial score (nSPS) is 16.3. The summed E-state index contributed by atoms with van der Waals surface area (Å²) in [4.78, 5) is 13.9. The van der Waals surface area contributed by atoms with E-state index in [-0.39, 0.29) is 11.4 Å². The second kappa shape index (κ2) is 8.20. The first-order chi connectivity index (χ1) is 11.5. The molecule has 0 atom stereocenters. The van der Waals surface area contributed by atoms with Crippen LogP contribution in [0, 0.1) is 6.92 Å². The van der Waals surface area contributed by atoms with E-state index < -0.39 is 0 Å². The highest BCUT2D eigenvalue weighted by molar-refractivity contribution is 5.74. The molecule has 1 fully saturated rings. The van der Waals surface area contributed by atoms with E-state index in [0.29, 0.717) is 26.3 Å². The summed E-state index contributed by atoms with van der Waals surface area (Å²) in [6, 6.07) is 6.13. The van der Waals surface area contributed by atoms with Crippen molar-refractivity contribution in [1.82, 2.24) is 10.2 Å². The predicted molar refractivity (Wildman–Crippen MR) is 95.7 cm³/mol.